The summed E-state index contributed by atoms with van der Waals surface area (Å²) in [6.45, 7) is 2.82. The number of amides is 1. The van der Waals surface area contributed by atoms with Gasteiger partial charge in [-0.3, -0.25) is 4.79 Å². The molecule has 2 rings (SSSR count). The topological polar surface area (TPSA) is 228 Å². The third kappa shape index (κ3) is 39.0. The van der Waals surface area contributed by atoms with E-state index in [4.69, 9.17) is 18.9 Å². The molecular formula is C69H129NO13. The number of carbonyl (C=O) groups is 1. The van der Waals surface area contributed by atoms with Gasteiger partial charge >= 0.3 is 0 Å². The lowest BCUT2D eigenvalue weighted by atomic mass is 9.97. The third-order valence-corrected chi connectivity index (χ3v) is 17.1. The van der Waals surface area contributed by atoms with Crippen LogP contribution < -0.4 is 5.32 Å². The first-order chi connectivity index (χ1) is 40.6. The third-order valence-electron chi connectivity index (χ3n) is 17.1. The SMILES string of the molecule is CCCCCCCCCCCCCCCCCCCC/C=C/CC/C=C/CC/C=C/C(O)C(COC1OC(CO)C(OC2OC(CO)C(O)C(O)C2O)C(O)C1O)NC(=O)CCCCCCCCCCCCCCCCCCCCCCC. The van der Waals surface area contributed by atoms with Crippen LogP contribution in [0, 0.1) is 0 Å². The smallest absolute Gasteiger partial charge is 0.220 e. The average Bonchev–Trinajstić information content (AvgIpc) is 3.65. The molecule has 0 aromatic carbocycles. The number of aliphatic hydroxyl groups is 8. The highest BCUT2D eigenvalue weighted by Crippen LogP contribution is 2.30. The van der Waals surface area contributed by atoms with Gasteiger partial charge in [0.15, 0.2) is 12.6 Å². The molecule has 2 saturated heterocycles. The van der Waals surface area contributed by atoms with Crippen LogP contribution >= 0.6 is 0 Å². The van der Waals surface area contributed by atoms with Gasteiger partial charge in [0.2, 0.25) is 5.91 Å². The van der Waals surface area contributed by atoms with Crippen LogP contribution in [-0.2, 0) is 23.7 Å². The van der Waals surface area contributed by atoms with E-state index in [0.29, 0.717) is 12.8 Å². The Hall–Kier alpha value is -1.79. The molecule has 0 aliphatic carbocycles. The Kier molecular flexibility index (Phi) is 50.6. The van der Waals surface area contributed by atoms with Gasteiger partial charge in [0, 0.05) is 6.42 Å². The maximum Gasteiger partial charge on any atom is 0.220 e. The Balaban J connectivity index is 1.71. The molecule has 0 bridgehead atoms. The number of allylic oxidation sites excluding steroid dienone is 5. The number of hydrogen-bond donors (Lipinski definition) is 9. The van der Waals surface area contributed by atoms with Gasteiger partial charge in [-0.15, -0.1) is 0 Å². The van der Waals surface area contributed by atoms with Crippen LogP contribution in [0.15, 0.2) is 36.5 Å². The summed E-state index contributed by atoms with van der Waals surface area (Å²) in [6.07, 6.45) is 52.0. The standard InChI is InChI=1S/C69H129NO13/c1-3-5-7-9-11-13-15-17-19-21-23-25-26-27-28-29-30-31-33-34-36-38-40-42-44-46-48-50-52-58(73)57(56-80-68-66(79)64(77)67(60(55-72)82-68)83-69-65(78)63(76)62(75)59(54-71)81-69)70-61(74)53-51-49-47-45-43-41-39-37-35-32-24-22-20-18-16-14-12-10-8-6-4-2/h34,36,42,44,50,52,57-60,62-69,71-73,75-79H,3-33,35,37-41,43,45-49,51,53-56H2,1-2H3,(H,70,74)/b36-34+,44-42+,52-50+. The number of ether oxygens (including phenoxy) is 4. The fourth-order valence-corrected chi connectivity index (χ4v) is 11.5. The average molecular weight is 1180 g/mol. The molecule has 0 aromatic heterocycles. The summed E-state index contributed by atoms with van der Waals surface area (Å²) in [5.74, 6) is -0.248. The van der Waals surface area contributed by atoms with Gasteiger partial charge in [-0.25, -0.2) is 0 Å². The van der Waals surface area contributed by atoms with Crippen LogP contribution in [0.2, 0.25) is 0 Å². The van der Waals surface area contributed by atoms with Gasteiger partial charge in [-0.05, 0) is 44.9 Å². The van der Waals surface area contributed by atoms with E-state index < -0.39 is 86.8 Å². The second-order valence-corrected chi connectivity index (χ2v) is 24.6. The maximum atomic E-state index is 13.3. The molecule has 12 unspecified atom stereocenters. The quantitative estimate of drug-likeness (QED) is 0.0204. The maximum absolute atomic E-state index is 13.3. The van der Waals surface area contributed by atoms with Crippen LogP contribution in [0.5, 0.6) is 0 Å². The fraction of sp³-hybridized carbons (Fsp3) is 0.899. The molecule has 2 aliphatic rings. The second-order valence-electron chi connectivity index (χ2n) is 24.6. The minimum absolute atomic E-state index is 0.248. The Morgan fingerprint density at radius 1 is 0.422 bits per heavy atom. The molecule has 14 heteroatoms. The second kappa shape index (κ2) is 54.4. The molecule has 0 aromatic rings. The first-order valence-electron chi connectivity index (χ1n) is 34.7. The van der Waals surface area contributed by atoms with Crippen molar-refractivity contribution in [2.24, 2.45) is 0 Å². The van der Waals surface area contributed by atoms with Crippen LogP contribution in [0.1, 0.15) is 303 Å². The summed E-state index contributed by atoms with van der Waals surface area (Å²) in [6, 6.07) is -0.937. The molecule has 0 saturated carbocycles. The molecule has 2 heterocycles. The molecule has 1 amide bonds. The molecule has 2 fully saturated rings. The zero-order valence-electron chi connectivity index (χ0n) is 53.0. The molecule has 14 nitrogen and oxygen atoms in total. The number of rotatable bonds is 57. The van der Waals surface area contributed by atoms with E-state index in [2.05, 4.69) is 43.5 Å². The van der Waals surface area contributed by atoms with Crippen molar-refractivity contribution < 1.29 is 64.6 Å². The first-order valence-corrected chi connectivity index (χ1v) is 34.7. The molecule has 488 valence electrons. The van der Waals surface area contributed by atoms with Gasteiger partial charge in [0.1, 0.15) is 48.8 Å². The Morgan fingerprint density at radius 3 is 1.18 bits per heavy atom. The van der Waals surface area contributed by atoms with E-state index in [1.807, 2.05) is 6.08 Å². The highest BCUT2D eigenvalue weighted by Gasteiger charge is 2.51. The van der Waals surface area contributed by atoms with Crippen molar-refractivity contribution in [1.82, 2.24) is 5.32 Å². The van der Waals surface area contributed by atoms with E-state index in [1.54, 1.807) is 6.08 Å². The molecule has 83 heavy (non-hydrogen) atoms. The monoisotopic (exact) mass is 1180 g/mol. The van der Waals surface area contributed by atoms with Crippen molar-refractivity contribution in [2.75, 3.05) is 19.8 Å². The predicted molar refractivity (Wildman–Crippen MR) is 337 cm³/mol. The Morgan fingerprint density at radius 2 is 0.771 bits per heavy atom. The van der Waals surface area contributed by atoms with Gasteiger partial charge in [0.25, 0.3) is 0 Å². The van der Waals surface area contributed by atoms with Crippen molar-refractivity contribution in [3.8, 4) is 0 Å². The molecule has 0 spiro atoms. The minimum atomic E-state index is -1.79. The van der Waals surface area contributed by atoms with E-state index in [-0.39, 0.29) is 18.9 Å². The fourth-order valence-electron chi connectivity index (χ4n) is 11.5. The van der Waals surface area contributed by atoms with E-state index >= 15 is 0 Å². The minimum Gasteiger partial charge on any atom is -0.394 e. The number of hydrogen-bond acceptors (Lipinski definition) is 13. The number of aliphatic hydroxyl groups excluding tert-OH is 8. The van der Waals surface area contributed by atoms with Crippen molar-refractivity contribution >= 4 is 5.91 Å². The molecule has 0 radical (unpaired) electrons. The number of unbranched alkanes of at least 4 members (excludes halogenated alkanes) is 40. The number of nitrogens with one attached hydrogen (secondary N) is 1. The van der Waals surface area contributed by atoms with Crippen LogP contribution in [0.25, 0.3) is 0 Å². The van der Waals surface area contributed by atoms with Crippen LogP contribution in [-0.4, -0.2) is 140 Å². The Labute approximate surface area is 506 Å². The molecule has 12 atom stereocenters. The van der Waals surface area contributed by atoms with Crippen molar-refractivity contribution in [3.63, 3.8) is 0 Å². The zero-order valence-corrected chi connectivity index (χ0v) is 53.0. The summed E-state index contributed by atoms with van der Waals surface area (Å²) < 4.78 is 22.8. The van der Waals surface area contributed by atoms with Crippen molar-refractivity contribution in [2.45, 2.75) is 376 Å². The highest BCUT2D eigenvalue weighted by molar-refractivity contribution is 5.76. The lowest BCUT2D eigenvalue weighted by molar-refractivity contribution is -0.359. The molecule has 9 N–H and O–H groups in total. The van der Waals surface area contributed by atoms with Crippen LogP contribution in [0.3, 0.4) is 0 Å². The van der Waals surface area contributed by atoms with E-state index in [0.717, 1.165) is 44.9 Å². The largest absolute Gasteiger partial charge is 0.394 e. The van der Waals surface area contributed by atoms with E-state index in [9.17, 15) is 45.6 Å². The summed E-state index contributed by atoms with van der Waals surface area (Å²) in [5.41, 5.74) is 0. The normalized spacial score (nSPS) is 24.0. The number of carbonyl (C=O) groups excluding carboxylic acids is 1. The van der Waals surface area contributed by atoms with Gasteiger partial charge < -0.3 is 65.1 Å². The Bertz CT molecular complexity index is 1530. The summed E-state index contributed by atoms with van der Waals surface area (Å²) in [7, 11) is 0. The molecular weight excluding hydrogens is 1050 g/mol. The lowest BCUT2D eigenvalue weighted by Gasteiger charge is -2.46. The van der Waals surface area contributed by atoms with E-state index in [1.165, 1.54) is 225 Å². The van der Waals surface area contributed by atoms with Crippen molar-refractivity contribution in [3.05, 3.63) is 36.5 Å². The molecule has 2 aliphatic heterocycles. The zero-order chi connectivity index (χ0) is 60.2. The lowest BCUT2D eigenvalue weighted by Crippen LogP contribution is -2.65. The summed E-state index contributed by atoms with van der Waals surface area (Å²) in [4.78, 5) is 13.3. The van der Waals surface area contributed by atoms with Crippen molar-refractivity contribution in [1.29, 1.82) is 0 Å². The van der Waals surface area contributed by atoms with Gasteiger partial charge in [0.05, 0.1) is 32.0 Å². The first kappa shape index (κ1) is 77.3. The predicted octanol–water partition coefficient (Wildman–Crippen LogP) is 13.7. The van der Waals surface area contributed by atoms with Crippen LogP contribution in [0.4, 0.5) is 0 Å². The summed E-state index contributed by atoms with van der Waals surface area (Å²) in [5, 5.41) is 87.3. The highest BCUT2D eigenvalue weighted by atomic mass is 16.7. The summed E-state index contributed by atoms with van der Waals surface area (Å²) >= 11 is 0. The van der Waals surface area contributed by atoms with Gasteiger partial charge in [-0.1, -0.05) is 288 Å². The van der Waals surface area contributed by atoms with Gasteiger partial charge in [-0.2, -0.15) is 0 Å².